The first kappa shape index (κ1) is 18.0. The minimum atomic E-state index is -0.900. The maximum Gasteiger partial charge on any atom is 0.244 e. The van der Waals surface area contributed by atoms with E-state index in [9.17, 15) is 14.7 Å². The first-order chi connectivity index (χ1) is 13.0. The van der Waals surface area contributed by atoms with Gasteiger partial charge in [0.05, 0.1) is 6.04 Å². The summed E-state index contributed by atoms with van der Waals surface area (Å²) in [5.41, 5.74) is 2.58. The molecule has 1 saturated heterocycles. The average Bonchev–Trinajstić information content (AvgIpc) is 2.99. The van der Waals surface area contributed by atoms with Gasteiger partial charge in [-0.3, -0.25) is 19.8 Å². The second kappa shape index (κ2) is 7.31. The van der Waals surface area contributed by atoms with Gasteiger partial charge in [0.1, 0.15) is 18.6 Å². The van der Waals surface area contributed by atoms with E-state index >= 15 is 0 Å². The predicted molar refractivity (Wildman–Crippen MR) is 98.9 cm³/mol. The number of rotatable bonds is 4. The molecule has 2 aromatic rings. The van der Waals surface area contributed by atoms with Crippen LogP contribution in [0.15, 0.2) is 42.5 Å². The van der Waals surface area contributed by atoms with Gasteiger partial charge in [-0.2, -0.15) is 0 Å². The third-order valence-corrected chi connectivity index (χ3v) is 5.27. The molecule has 0 saturated carbocycles. The Bertz CT molecular complexity index is 884. The highest BCUT2D eigenvalue weighted by Crippen LogP contribution is 2.39. The van der Waals surface area contributed by atoms with Crippen LogP contribution in [0.2, 0.25) is 5.02 Å². The summed E-state index contributed by atoms with van der Waals surface area (Å²) in [4.78, 5) is 25.3. The molecule has 0 radical (unpaired) electrons. The Hall–Kier alpha value is -2.41. The molecule has 2 amide bonds. The van der Waals surface area contributed by atoms with Crippen molar-refractivity contribution in [3.8, 4) is 5.75 Å². The van der Waals surface area contributed by atoms with Crippen molar-refractivity contribution in [1.29, 1.82) is 0 Å². The minimum absolute atomic E-state index is 0.269. The first-order valence-electron chi connectivity index (χ1n) is 8.79. The monoisotopic (exact) mass is 386 g/mol. The molecule has 2 heterocycles. The van der Waals surface area contributed by atoms with Crippen molar-refractivity contribution in [2.75, 3.05) is 0 Å². The molecule has 27 heavy (non-hydrogen) atoms. The molecule has 0 aromatic heterocycles. The molecule has 140 valence electrons. The van der Waals surface area contributed by atoms with Crippen molar-refractivity contribution >= 4 is 23.4 Å². The van der Waals surface area contributed by atoms with Gasteiger partial charge in [0, 0.05) is 29.1 Å². The number of imide groups is 1. The van der Waals surface area contributed by atoms with Crippen molar-refractivity contribution in [2.24, 2.45) is 0 Å². The van der Waals surface area contributed by atoms with Crippen LogP contribution in [0.5, 0.6) is 5.75 Å². The number of ether oxygens (including phenoxy) is 1. The summed E-state index contributed by atoms with van der Waals surface area (Å²) in [5, 5.41) is 13.7. The molecule has 4 rings (SSSR count). The Morgan fingerprint density at radius 2 is 1.96 bits per heavy atom. The lowest BCUT2D eigenvalue weighted by molar-refractivity contribution is -0.141. The van der Waals surface area contributed by atoms with Gasteiger partial charge in [-0.05, 0) is 30.2 Å². The maximum absolute atomic E-state index is 12.2. The van der Waals surface area contributed by atoms with Gasteiger partial charge in [-0.1, -0.05) is 35.9 Å². The number of aliphatic hydroxyl groups is 1. The SMILES string of the molecule is O=C1CCC(N2Cc3c(OCc4ccc(Cl)cc4)cccc3C2O)C(=O)N1. The lowest BCUT2D eigenvalue weighted by Crippen LogP contribution is -2.51. The Kier molecular flexibility index (Phi) is 4.86. The van der Waals surface area contributed by atoms with E-state index in [2.05, 4.69) is 5.32 Å². The standard InChI is InChI=1S/C20H19ClN2O4/c21-13-6-4-12(5-7-13)11-27-17-3-1-2-14-15(17)10-23(20(14)26)16-8-9-18(24)22-19(16)25/h1-7,16,20,26H,8-11H2,(H,22,24,25). The largest absolute Gasteiger partial charge is 0.489 e. The van der Waals surface area contributed by atoms with Crippen LogP contribution in [0.25, 0.3) is 0 Å². The molecule has 2 aliphatic rings. The quantitative estimate of drug-likeness (QED) is 0.789. The van der Waals surface area contributed by atoms with E-state index in [-0.39, 0.29) is 18.2 Å². The van der Waals surface area contributed by atoms with Crippen LogP contribution in [-0.2, 0) is 22.7 Å². The van der Waals surface area contributed by atoms with E-state index in [1.165, 1.54) is 0 Å². The van der Waals surface area contributed by atoms with E-state index in [4.69, 9.17) is 16.3 Å². The zero-order valence-electron chi connectivity index (χ0n) is 14.5. The van der Waals surface area contributed by atoms with Crippen LogP contribution in [-0.4, -0.2) is 27.9 Å². The number of fused-ring (bicyclic) bond motifs is 1. The number of benzene rings is 2. The van der Waals surface area contributed by atoms with Gasteiger partial charge in [-0.15, -0.1) is 0 Å². The minimum Gasteiger partial charge on any atom is -0.489 e. The highest BCUT2D eigenvalue weighted by Gasteiger charge is 2.40. The number of carbonyl (C=O) groups excluding carboxylic acids is 2. The molecule has 2 atom stereocenters. The molecule has 2 aromatic carbocycles. The van der Waals surface area contributed by atoms with Crippen LogP contribution in [0.3, 0.4) is 0 Å². The smallest absolute Gasteiger partial charge is 0.244 e. The van der Waals surface area contributed by atoms with E-state index in [0.29, 0.717) is 30.3 Å². The second-order valence-electron chi connectivity index (χ2n) is 6.75. The first-order valence-corrected chi connectivity index (χ1v) is 9.17. The van der Waals surface area contributed by atoms with Crippen molar-refractivity contribution < 1.29 is 19.4 Å². The molecule has 2 N–H and O–H groups in total. The van der Waals surface area contributed by atoms with E-state index < -0.39 is 12.3 Å². The fourth-order valence-electron chi connectivity index (χ4n) is 3.60. The van der Waals surface area contributed by atoms with Gasteiger partial charge < -0.3 is 9.84 Å². The van der Waals surface area contributed by atoms with E-state index in [0.717, 1.165) is 16.7 Å². The average molecular weight is 387 g/mol. The maximum atomic E-state index is 12.2. The van der Waals surface area contributed by atoms with E-state index in [1.807, 2.05) is 42.5 Å². The van der Waals surface area contributed by atoms with Gasteiger partial charge >= 0.3 is 0 Å². The van der Waals surface area contributed by atoms with Crippen LogP contribution in [0.4, 0.5) is 0 Å². The lowest BCUT2D eigenvalue weighted by Gasteiger charge is -2.31. The molecular weight excluding hydrogens is 368 g/mol. The van der Waals surface area contributed by atoms with Crippen LogP contribution < -0.4 is 10.1 Å². The van der Waals surface area contributed by atoms with Crippen LogP contribution in [0.1, 0.15) is 35.8 Å². The number of aliphatic hydroxyl groups excluding tert-OH is 1. The van der Waals surface area contributed by atoms with Gasteiger partial charge in [0.15, 0.2) is 0 Å². The number of piperidine rings is 1. The number of amides is 2. The number of carbonyl (C=O) groups is 2. The summed E-state index contributed by atoms with van der Waals surface area (Å²) in [5.74, 6) is 0.0486. The topological polar surface area (TPSA) is 78.9 Å². The summed E-state index contributed by atoms with van der Waals surface area (Å²) in [6.45, 7) is 0.766. The molecule has 0 aliphatic carbocycles. The number of hydrogen-bond acceptors (Lipinski definition) is 5. The highest BCUT2D eigenvalue weighted by molar-refractivity contribution is 6.30. The molecule has 7 heteroatoms. The van der Waals surface area contributed by atoms with Crippen LogP contribution in [0, 0.1) is 0 Å². The zero-order chi connectivity index (χ0) is 19.0. The molecule has 0 bridgehead atoms. The Labute approximate surface area is 161 Å². The molecule has 2 unspecified atom stereocenters. The summed E-state index contributed by atoms with van der Waals surface area (Å²) >= 11 is 5.90. The Balaban J connectivity index is 1.52. The zero-order valence-corrected chi connectivity index (χ0v) is 15.3. The molecule has 0 spiro atoms. The molecule has 6 nitrogen and oxygen atoms in total. The number of halogens is 1. The fraction of sp³-hybridized carbons (Fsp3) is 0.300. The third-order valence-electron chi connectivity index (χ3n) is 5.02. The van der Waals surface area contributed by atoms with Gasteiger partial charge in [0.2, 0.25) is 11.8 Å². The molecule has 2 aliphatic heterocycles. The second-order valence-corrected chi connectivity index (χ2v) is 7.19. The molecule has 1 fully saturated rings. The predicted octanol–water partition coefficient (Wildman–Crippen LogP) is 2.53. The number of nitrogens with zero attached hydrogens (tertiary/aromatic N) is 1. The number of hydrogen-bond donors (Lipinski definition) is 2. The summed E-state index contributed by atoms with van der Waals surface area (Å²) in [6.07, 6.45) is -0.227. The number of nitrogens with one attached hydrogen (secondary N) is 1. The van der Waals surface area contributed by atoms with Crippen molar-refractivity contribution in [1.82, 2.24) is 10.2 Å². The van der Waals surface area contributed by atoms with Gasteiger partial charge in [0.25, 0.3) is 0 Å². The third kappa shape index (κ3) is 3.56. The highest BCUT2D eigenvalue weighted by atomic mass is 35.5. The van der Waals surface area contributed by atoms with Crippen molar-refractivity contribution in [2.45, 2.75) is 38.3 Å². The summed E-state index contributed by atoms with van der Waals surface area (Å²) < 4.78 is 5.97. The van der Waals surface area contributed by atoms with Crippen molar-refractivity contribution in [3.05, 3.63) is 64.2 Å². The Morgan fingerprint density at radius 3 is 2.70 bits per heavy atom. The summed E-state index contributed by atoms with van der Waals surface area (Å²) in [6, 6.07) is 12.4. The lowest BCUT2D eigenvalue weighted by atomic mass is 10.0. The van der Waals surface area contributed by atoms with Gasteiger partial charge in [-0.25, -0.2) is 0 Å². The van der Waals surface area contributed by atoms with Crippen molar-refractivity contribution in [3.63, 3.8) is 0 Å². The Morgan fingerprint density at radius 1 is 1.19 bits per heavy atom. The van der Waals surface area contributed by atoms with E-state index in [1.54, 1.807) is 4.90 Å². The van der Waals surface area contributed by atoms with Crippen LogP contribution >= 0.6 is 11.6 Å². The summed E-state index contributed by atoms with van der Waals surface area (Å²) in [7, 11) is 0. The fourth-order valence-corrected chi connectivity index (χ4v) is 3.72. The molecular formula is C20H19ClN2O4. The normalized spacial score (nSPS) is 22.4.